The summed E-state index contributed by atoms with van der Waals surface area (Å²) in [5.74, 6) is -1.19. The summed E-state index contributed by atoms with van der Waals surface area (Å²) in [6, 6.07) is 11.3. The number of aryl methyl sites for hydroxylation is 1. The second kappa shape index (κ2) is 9.19. The van der Waals surface area contributed by atoms with Gasteiger partial charge in [0.25, 0.3) is 5.91 Å². The lowest BCUT2D eigenvalue weighted by molar-refractivity contribution is -0.122. The maximum atomic E-state index is 12.6. The first-order valence-corrected chi connectivity index (χ1v) is 10.5. The van der Waals surface area contributed by atoms with Crippen molar-refractivity contribution in [3.8, 4) is 0 Å². The first-order valence-electron chi connectivity index (χ1n) is 10.5. The van der Waals surface area contributed by atoms with E-state index < -0.39 is 17.9 Å². The molecule has 0 spiro atoms. The number of amides is 3. The van der Waals surface area contributed by atoms with Crippen LogP contribution in [-0.2, 0) is 16.1 Å². The molecule has 1 atom stereocenters. The van der Waals surface area contributed by atoms with Gasteiger partial charge in [-0.2, -0.15) is 0 Å². The van der Waals surface area contributed by atoms with Gasteiger partial charge in [0.2, 0.25) is 11.8 Å². The fourth-order valence-corrected chi connectivity index (χ4v) is 3.73. The Morgan fingerprint density at radius 2 is 2.00 bits per heavy atom. The van der Waals surface area contributed by atoms with E-state index in [0.717, 1.165) is 30.5 Å². The van der Waals surface area contributed by atoms with E-state index in [9.17, 15) is 14.4 Å². The number of imidazole rings is 1. The third kappa shape index (κ3) is 4.78. The molecule has 0 saturated heterocycles. The Kier molecular flexibility index (Phi) is 6.18. The summed E-state index contributed by atoms with van der Waals surface area (Å²) in [6.07, 6.45) is 2.63. The Morgan fingerprint density at radius 3 is 2.81 bits per heavy atom. The van der Waals surface area contributed by atoms with E-state index in [2.05, 4.69) is 30.4 Å². The van der Waals surface area contributed by atoms with Gasteiger partial charge in [-0.3, -0.25) is 14.4 Å². The number of benzene rings is 2. The average Bonchev–Trinajstić information content (AvgIpc) is 3.10. The van der Waals surface area contributed by atoms with Gasteiger partial charge < -0.3 is 25.4 Å². The van der Waals surface area contributed by atoms with Crippen molar-refractivity contribution in [2.24, 2.45) is 0 Å². The summed E-state index contributed by atoms with van der Waals surface area (Å²) >= 11 is 0. The van der Waals surface area contributed by atoms with Crippen LogP contribution >= 0.6 is 0 Å². The minimum Gasteiger partial charge on any atom is -0.340 e. The number of anilines is 2. The van der Waals surface area contributed by atoms with Crippen LogP contribution in [0, 0.1) is 0 Å². The number of hydrogen-bond acceptors (Lipinski definition) is 5. The SMILES string of the molecule is CN(C)CCCn1cnc2cc(NC(=O)C[C@H]3NC(=O)c4ccccc4NC3=O)ccc21. The highest BCUT2D eigenvalue weighted by Gasteiger charge is 2.29. The highest BCUT2D eigenvalue weighted by Crippen LogP contribution is 2.21. The van der Waals surface area contributed by atoms with Crippen LogP contribution in [0.4, 0.5) is 11.4 Å². The zero-order valence-corrected chi connectivity index (χ0v) is 18.1. The van der Waals surface area contributed by atoms with Gasteiger partial charge in [0.05, 0.1) is 35.0 Å². The molecule has 0 unspecified atom stereocenters. The number of para-hydroxylation sites is 1. The first-order chi connectivity index (χ1) is 15.4. The highest BCUT2D eigenvalue weighted by molar-refractivity contribution is 6.11. The lowest BCUT2D eigenvalue weighted by Gasteiger charge is -2.14. The fourth-order valence-electron chi connectivity index (χ4n) is 3.73. The quantitative estimate of drug-likeness (QED) is 0.528. The third-order valence-corrected chi connectivity index (χ3v) is 5.35. The molecule has 4 rings (SSSR count). The topological polar surface area (TPSA) is 108 Å². The van der Waals surface area contributed by atoms with Crippen molar-refractivity contribution in [2.45, 2.75) is 25.4 Å². The summed E-state index contributed by atoms with van der Waals surface area (Å²) in [5, 5.41) is 8.14. The number of aromatic nitrogens is 2. The Bertz CT molecular complexity index is 1170. The molecule has 166 valence electrons. The molecule has 3 aromatic rings. The molecule has 0 radical (unpaired) electrons. The number of carbonyl (C=O) groups is 3. The zero-order valence-electron chi connectivity index (χ0n) is 18.1. The molecule has 0 saturated carbocycles. The van der Waals surface area contributed by atoms with Gasteiger partial charge in [0.1, 0.15) is 6.04 Å². The van der Waals surface area contributed by atoms with Crippen LogP contribution < -0.4 is 16.0 Å². The molecule has 0 bridgehead atoms. The van der Waals surface area contributed by atoms with Crippen LogP contribution in [0.15, 0.2) is 48.8 Å². The molecule has 3 N–H and O–H groups in total. The lowest BCUT2D eigenvalue weighted by Crippen LogP contribution is -2.43. The van der Waals surface area contributed by atoms with E-state index in [1.165, 1.54) is 0 Å². The van der Waals surface area contributed by atoms with Crippen molar-refractivity contribution < 1.29 is 14.4 Å². The molecule has 1 aliphatic rings. The van der Waals surface area contributed by atoms with Gasteiger partial charge in [-0.1, -0.05) is 12.1 Å². The Morgan fingerprint density at radius 1 is 1.19 bits per heavy atom. The molecule has 9 nitrogen and oxygen atoms in total. The molecule has 3 amide bonds. The second-order valence-electron chi connectivity index (χ2n) is 8.11. The molecular weight excluding hydrogens is 408 g/mol. The van der Waals surface area contributed by atoms with Crippen LogP contribution in [0.5, 0.6) is 0 Å². The number of hydrogen-bond donors (Lipinski definition) is 3. The van der Waals surface area contributed by atoms with Crippen molar-refractivity contribution >= 4 is 40.1 Å². The zero-order chi connectivity index (χ0) is 22.7. The molecule has 9 heteroatoms. The Labute approximate surface area is 185 Å². The number of fused-ring (bicyclic) bond motifs is 2. The van der Waals surface area contributed by atoms with Gasteiger partial charge in [-0.05, 0) is 57.4 Å². The number of nitrogens with one attached hydrogen (secondary N) is 3. The lowest BCUT2D eigenvalue weighted by atomic mass is 10.1. The standard InChI is InChI=1S/C23H26N6O3/c1-28(2)10-5-11-29-14-24-18-12-15(8-9-20(18)29)25-21(30)13-19-23(32)26-17-7-4-3-6-16(17)22(31)27-19/h3-4,6-9,12,14,19H,5,10-11,13H2,1-2H3,(H,25,30)(H,26,32)(H,27,31)/t19-/m1/s1. The molecule has 2 heterocycles. The van der Waals surface area contributed by atoms with Crippen LogP contribution in [0.2, 0.25) is 0 Å². The van der Waals surface area contributed by atoms with Gasteiger partial charge in [-0.15, -0.1) is 0 Å². The average molecular weight is 435 g/mol. The smallest absolute Gasteiger partial charge is 0.254 e. The minimum atomic E-state index is -0.963. The third-order valence-electron chi connectivity index (χ3n) is 5.35. The van der Waals surface area contributed by atoms with Crippen molar-refractivity contribution in [1.82, 2.24) is 19.8 Å². The number of carbonyl (C=O) groups excluding carboxylic acids is 3. The number of rotatable bonds is 7. The summed E-state index contributed by atoms with van der Waals surface area (Å²) in [4.78, 5) is 44.1. The predicted octanol–water partition coefficient (Wildman–Crippen LogP) is 2.07. The van der Waals surface area contributed by atoms with Gasteiger partial charge in [-0.25, -0.2) is 4.98 Å². The first kappa shape index (κ1) is 21.5. The van der Waals surface area contributed by atoms with E-state index >= 15 is 0 Å². The molecule has 1 aromatic heterocycles. The van der Waals surface area contributed by atoms with Gasteiger partial charge in [0, 0.05) is 12.2 Å². The van der Waals surface area contributed by atoms with Crippen LogP contribution in [0.1, 0.15) is 23.2 Å². The van der Waals surface area contributed by atoms with Gasteiger partial charge >= 0.3 is 0 Å². The Hall–Kier alpha value is -3.72. The van der Waals surface area contributed by atoms with Gasteiger partial charge in [0.15, 0.2) is 0 Å². The van der Waals surface area contributed by atoms with Crippen molar-refractivity contribution in [3.05, 3.63) is 54.4 Å². The van der Waals surface area contributed by atoms with Crippen LogP contribution in [0.3, 0.4) is 0 Å². The normalized spacial score (nSPS) is 15.8. The molecular formula is C23H26N6O3. The molecule has 0 fully saturated rings. The van der Waals surface area contributed by atoms with Crippen LogP contribution in [0.25, 0.3) is 11.0 Å². The summed E-state index contributed by atoms with van der Waals surface area (Å²) < 4.78 is 2.09. The largest absolute Gasteiger partial charge is 0.340 e. The van der Waals surface area contributed by atoms with E-state index in [4.69, 9.17) is 0 Å². The maximum absolute atomic E-state index is 12.6. The predicted molar refractivity (Wildman–Crippen MR) is 122 cm³/mol. The highest BCUT2D eigenvalue weighted by atomic mass is 16.2. The minimum absolute atomic E-state index is 0.178. The van der Waals surface area contributed by atoms with Crippen LogP contribution in [-0.4, -0.2) is 58.9 Å². The van der Waals surface area contributed by atoms with E-state index in [-0.39, 0.29) is 12.3 Å². The van der Waals surface area contributed by atoms with Crippen molar-refractivity contribution in [2.75, 3.05) is 31.3 Å². The van der Waals surface area contributed by atoms with Crippen molar-refractivity contribution in [1.29, 1.82) is 0 Å². The fraction of sp³-hybridized carbons (Fsp3) is 0.304. The summed E-state index contributed by atoms with van der Waals surface area (Å²) in [5.41, 5.74) is 3.17. The second-order valence-corrected chi connectivity index (χ2v) is 8.11. The van der Waals surface area contributed by atoms with E-state index in [1.807, 2.05) is 26.2 Å². The molecule has 0 aliphatic carbocycles. The maximum Gasteiger partial charge on any atom is 0.254 e. The summed E-state index contributed by atoms with van der Waals surface area (Å²) in [6.45, 7) is 1.85. The summed E-state index contributed by atoms with van der Waals surface area (Å²) in [7, 11) is 4.09. The van der Waals surface area contributed by atoms with E-state index in [1.54, 1.807) is 36.7 Å². The van der Waals surface area contributed by atoms with E-state index in [0.29, 0.717) is 16.9 Å². The Balaban J connectivity index is 1.39. The molecule has 1 aliphatic heterocycles. The molecule has 2 aromatic carbocycles. The molecule has 32 heavy (non-hydrogen) atoms. The number of nitrogens with zero attached hydrogens (tertiary/aromatic N) is 3. The van der Waals surface area contributed by atoms with Crippen molar-refractivity contribution in [3.63, 3.8) is 0 Å². The monoisotopic (exact) mass is 434 g/mol.